The maximum absolute atomic E-state index is 14.0. The summed E-state index contributed by atoms with van der Waals surface area (Å²) in [6.07, 6.45) is 1.77. The summed E-state index contributed by atoms with van der Waals surface area (Å²) < 4.78 is 28.9. The van der Waals surface area contributed by atoms with Crippen LogP contribution in [0.1, 0.15) is 18.9 Å². The first-order valence-electron chi connectivity index (χ1n) is 8.80. The normalized spacial score (nSPS) is 14.9. The Kier molecular flexibility index (Phi) is 5.93. The zero-order valence-electron chi connectivity index (χ0n) is 15.7. The van der Waals surface area contributed by atoms with Gasteiger partial charge in [0, 0.05) is 11.7 Å². The lowest BCUT2D eigenvalue weighted by Gasteiger charge is -2.34. The Balaban J connectivity index is 0.000000806. The van der Waals surface area contributed by atoms with Gasteiger partial charge in [-0.2, -0.15) is 14.3 Å². The van der Waals surface area contributed by atoms with E-state index in [2.05, 4.69) is 10.4 Å². The second-order valence-electron chi connectivity index (χ2n) is 6.41. The van der Waals surface area contributed by atoms with E-state index in [1.165, 1.54) is 11.0 Å². The average Bonchev–Trinajstić information content (AvgIpc) is 3.09. The lowest BCUT2D eigenvalue weighted by molar-refractivity contribution is -0.191. The maximum Gasteiger partial charge on any atom is 0.377 e. The number of nitrogens with zero attached hydrogens (tertiary/aromatic N) is 5. The Hall–Kier alpha value is -3.98. The molecule has 0 fully saturated rings. The van der Waals surface area contributed by atoms with Gasteiger partial charge in [0.25, 0.3) is 0 Å². The van der Waals surface area contributed by atoms with Crippen molar-refractivity contribution in [1.29, 1.82) is 0 Å². The molecule has 0 radical (unpaired) electrons. The number of rotatable bonds is 1. The van der Waals surface area contributed by atoms with Crippen molar-refractivity contribution in [3.8, 4) is 5.69 Å². The summed E-state index contributed by atoms with van der Waals surface area (Å²) in [5.74, 6) is -1.96. The second-order valence-corrected chi connectivity index (χ2v) is 6.41. The molecule has 9 nitrogen and oxygen atoms in total. The number of amides is 1. The molecule has 0 saturated heterocycles. The van der Waals surface area contributed by atoms with Crippen LogP contribution in [-0.2, 0) is 16.0 Å². The minimum Gasteiger partial charge on any atom is -0.289 e. The van der Waals surface area contributed by atoms with E-state index < -0.39 is 29.0 Å². The Labute approximate surface area is 168 Å². The average molecular weight is 415 g/mol. The van der Waals surface area contributed by atoms with Crippen molar-refractivity contribution in [3.05, 3.63) is 70.1 Å². The first-order chi connectivity index (χ1) is 14.4. The number of benzene rings is 2. The molecule has 1 aromatic heterocycles. The predicted molar refractivity (Wildman–Crippen MR) is 98.0 cm³/mol. The van der Waals surface area contributed by atoms with Gasteiger partial charge in [-0.25, -0.2) is 18.4 Å². The number of carbonyl (C=O) groups is 1. The summed E-state index contributed by atoms with van der Waals surface area (Å²) >= 11 is 0. The topological polar surface area (TPSA) is 107 Å². The van der Waals surface area contributed by atoms with Gasteiger partial charge in [0.1, 0.15) is 5.69 Å². The standard InChI is InChI=1S/C18H15F2N5O2.CO2/c1-11-9-10-12-5-2-3-8-15(12)23(11)17(26)25-18(27)24(21-22-25)16-13(19)6-4-7-14(16)20;2-1-3/h2-8,11H,9-10H2,1H3;. The third-order valence-corrected chi connectivity index (χ3v) is 4.64. The van der Waals surface area contributed by atoms with E-state index in [4.69, 9.17) is 9.59 Å². The van der Waals surface area contributed by atoms with Crippen LogP contribution in [0.15, 0.2) is 47.3 Å². The van der Waals surface area contributed by atoms with Crippen LogP contribution in [0.4, 0.5) is 19.3 Å². The molecule has 0 bridgehead atoms. The van der Waals surface area contributed by atoms with Crippen molar-refractivity contribution >= 4 is 17.9 Å². The first-order valence-corrected chi connectivity index (χ1v) is 8.80. The SMILES string of the molecule is CC1CCc2ccccc2N1C(=O)n1nnn(-c2c(F)cccc2F)c1=O.O=C=O. The number of para-hydroxylation sites is 2. The highest BCUT2D eigenvalue weighted by Gasteiger charge is 2.31. The maximum atomic E-state index is 14.0. The highest BCUT2D eigenvalue weighted by molar-refractivity contribution is 5.94. The van der Waals surface area contributed by atoms with Crippen LogP contribution in [0.25, 0.3) is 5.69 Å². The molecule has 0 spiro atoms. The molecular weight excluding hydrogens is 400 g/mol. The van der Waals surface area contributed by atoms with Gasteiger partial charge in [0.2, 0.25) is 0 Å². The van der Waals surface area contributed by atoms with Crippen LogP contribution in [-0.4, -0.2) is 38.0 Å². The molecule has 11 heteroatoms. The molecule has 2 aromatic carbocycles. The number of hydrogen-bond acceptors (Lipinski definition) is 6. The second kappa shape index (κ2) is 8.58. The minimum atomic E-state index is -1.04. The van der Waals surface area contributed by atoms with Gasteiger partial charge in [-0.05, 0) is 54.0 Å². The molecule has 0 saturated carbocycles. The van der Waals surface area contributed by atoms with E-state index in [9.17, 15) is 18.4 Å². The van der Waals surface area contributed by atoms with E-state index in [-0.39, 0.29) is 12.2 Å². The highest BCUT2D eigenvalue weighted by Crippen LogP contribution is 2.30. The summed E-state index contributed by atoms with van der Waals surface area (Å²) in [5.41, 5.74) is -0.0581. The van der Waals surface area contributed by atoms with Gasteiger partial charge in [-0.3, -0.25) is 4.90 Å². The van der Waals surface area contributed by atoms with Crippen molar-refractivity contribution in [2.24, 2.45) is 0 Å². The number of tetrazole rings is 1. The fraction of sp³-hybridized carbons (Fsp3) is 0.211. The monoisotopic (exact) mass is 415 g/mol. The molecule has 0 N–H and O–H groups in total. The molecule has 4 rings (SSSR count). The number of fused-ring (bicyclic) bond motifs is 1. The van der Waals surface area contributed by atoms with Crippen LogP contribution < -0.4 is 10.6 Å². The number of aryl methyl sites for hydroxylation is 1. The van der Waals surface area contributed by atoms with Crippen molar-refractivity contribution < 1.29 is 23.2 Å². The molecule has 1 aliphatic rings. The van der Waals surface area contributed by atoms with Crippen LogP contribution in [0.5, 0.6) is 0 Å². The van der Waals surface area contributed by atoms with Crippen molar-refractivity contribution in [2.75, 3.05) is 4.90 Å². The summed E-state index contributed by atoms with van der Waals surface area (Å²) in [6.45, 7) is 1.86. The van der Waals surface area contributed by atoms with Crippen molar-refractivity contribution in [3.63, 3.8) is 0 Å². The zero-order chi connectivity index (χ0) is 21.8. The molecule has 1 aliphatic heterocycles. The fourth-order valence-corrected chi connectivity index (χ4v) is 3.28. The fourth-order valence-electron chi connectivity index (χ4n) is 3.28. The minimum absolute atomic E-state index is 0.172. The number of aromatic nitrogens is 4. The molecule has 1 atom stereocenters. The van der Waals surface area contributed by atoms with E-state index in [1.807, 2.05) is 19.1 Å². The summed E-state index contributed by atoms with van der Waals surface area (Å²) in [7, 11) is 0. The molecule has 2 heterocycles. The summed E-state index contributed by atoms with van der Waals surface area (Å²) in [6, 6.07) is 9.64. The molecule has 0 aliphatic carbocycles. The first kappa shape index (κ1) is 20.7. The highest BCUT2D eigenvalue weighted by atomic mass is 19.1. The summed E-state index contributed by atoms with van der Waals surface area (Å²) in [4.78, 5) is 43.3. The van der Waals surface area contributed by atoms with Gasteiger partial charge >= 0.3 is 17.9 Å². The number of carbonyl (C=O) groups excluding carboxylic acids is 3. The largest absolute Gasteiger partial charge is 0.377 e. The third kappa shape index (κ3) is 3.65. The van der Waals surface area contributed by atoms with Gasteiger partial charge < -0.3 is 0 Å². The van der Waals surface area contributed by atoms with Gasteiger partial charge in [0.05, 0.1) is 0 Å². The third-order valence-electron chi connectivity index (χ3n) is 4.64. The molecule has 1 amide bonds. The lowest BCUT2D eigenvalue weighted by atomic mass is 9.97. The Morgan fingerprint density at radius 1 is 1.07 bits per heavy atom. The molecule has 3 aromatic rings. The number of hydrogen-bond donors (Lipinski definition) is 0. The Morgan fingerprint density at radius 3 is 2.37 bits per heavy atom. The van der Waals surface area contributed by atoms with Crippen LogP contribution in [0.2, 0.25) is 0 Å². The lowest BCUT2D eigenvalue weighted by Crippen LogP contribution is -2.47. The summed E-state index contributed by atoms with van der Waals surface area (Å²) in [5, 5.41) is 7.04. The van der Waals surface area contributed by atoms with Gasteiger partial charge in [-0.15, -0.1) is 4.68 Å². The molecule has 30 heavy (non-hydrogen) atoms. The van der Waals surface area contributed by atoms with E-state index >= 15 is 0 Å². The van der Waals surface area contributed by atoms with Crippen molar-refractivity contribution in [1.82, 2.24) is 19.8 Å². The molecule has 154 valence electrons. The van der Waals surface area contributed by atoms with Crippen LogP contribution in [0.3, 0.4) is 0 Å². The zero-order valence-corrected chi connectivity index (χ0v) is 15.7. The van der Waals surface area contributed by atoms with Crippen molar-refractivity contribution in [2.45, 2.75) is 25.8 Å². The number of anilines is 1. The quantitative estimate of drug-likeness (QED) is 0.562. The molecule has 1 unspecified atom stereocenters. The van der Waals surface area contributed by atoms with E-state index in [0.29, 0.717) is 21.5 Å². The number of halogens is 2. The van der Waals surface area contributed by atoms with Crippen LogP contribution in [0, 0.1) is 11.6 Å². The van der Waals surface area contributed by atoms with E-state index in [1.54, 1.807) is 12.1 Å². The Morgan fingerprint density at radius 2 is 1.70 bits per heavy atom. The Bertz CT molecular complexity index is 1160. The van der Waals surface area contributed by atoms with E-state index in [0.717, 1.165) is 24.1 Å². The van der Waals surface area contributed by atoms with Gasteiger partial charge in [0.15, 0.2) is 11.6 Å². The smallest absolute Gasteiger partial charge is 0.289 e. The molecular formula is C19H15F2N5O4. The predicted octanol–water partition coefficient (Wildman–Crippen LogP) is 1.93. The van der Waals surface area contributed by atoms with Gasteiger partial charge in [-0.1, -0.05) is 24.3 Å². The van der Waals surface area contributed by atoms with Crippen LogP contribution >= 0.6 is 0 Å².